The fourth-order valence-electron chi connectivity index (χ4n) is 4.73. The van der Waals surface area contributed by atoms with Gasteiger partial charge in [0.1, 0.15) is 0 Å². The highest BCUT2D eigenvalue weighted by Crippen LogP contribution is 2.64. The Morgan fingerprint density at radius 3 is 2.32 bits per heavy atom. The molecule has 0 saturated heterocycles. The Morgan fingerprint density at radius 1 is 1.26 bits per heavy atom. The molecule has 0 heterocycles. The number of hydrogen-bond acceptors (Lipinski definition) is 3. The number of carbonyl (C=O) groups excluding carboxylic acids is 2. The third-order valence-electron chi connectivity index (χ3n) is 5.11. The van der Waals surface area contributed by atoms with Gasteiger partial charge in [0, 0.05) is 4.87 Å². The maximum absolute atomic E-state index is 12.5. The van der Waals surface area contributed by atoms with E-state index in [-0.39, 0.29) is 10.8 Å². The first-order chi connectivity index (χ1) is 8.82. The Labute approximate surface area is 118 Å². The van der Waals surface area contributed by atoms with Crippen LogP contribution in [0.3, 0.4) is 0 Å². The summed E-state index contributed by atoms with van der Waals surface area (Å²) in [6.45, 7) is 1.53. The number of primary amides is 1. The topological polar surface area (TPSA) is 69.4 Å². The minimum absolute atomic E-state index is 0.223. The van der Waals surface area contributed by atoms with E-state index in [2.05, 4.69) is 0 Å². The van der Waals surface area contributed by atoms with Crippen LogP contribution in [0.5, 0.6) is 0 Å². The molecule has 4 rings (SSSR count). The van der Waals surface area contributed by atoms with Gasteiger partial charge in [0.05, 0.1) is 5.41 Å². The summed E-state index contributed by atoms with van der Waals surface area (Å²) in [5, 5.41) is 0. The largest absolute Gasteiger partial charge is 0.452 e. The van der Waals surface area contributed by atoms with Crippen molar-refractivity contribution >= 4 is 23.5 Å². The normalized spacial score (nSPS) is 44.9. The van der Waals surface area contributed by atoms with Gasteiger partial charge in [-0.05, 0) is 57.3 Å². The number of alkyl halides is 1. The molecule has 0 aromatic heterocycles. The lowest BCUT2D eigenvalue weighted by molar-refractivity contribution is -0.176. The molecule has 2 N–H and O–H groups in total. The highest BCUT2D eigenvalue weighted by atomic mass is 35.5. The smallest absolute Gasteiger partial charge is 0.312 e. The quantitative estimate of drug-likeness (QED) is 0.637. The molecule has 19 heavy (non-hydrogen) atoms. The second-order valence-electron chi connectivity index (χ2n) is 6.84. The summed E-state index contributed by atoms with van der Waals surface area (Å²) < 4.78 is 5.27. The van der Waals surface area contributed by atoms with E-state index in [4.69, 9.17) is 22.1 Å². The molecule has 0 radical (unpaired) electrons. The van der Waals surface area contributed by atoms with Crippen LogP contribution < -0.4 is 5.73 Å². The van der Waals surface area contributed by atoms with Crippen LogP contribution >= 0.6 is 11.6 Å². The fraction of sp³-hybridized carbons (Fsp3) is 0.857. The monoisotopic (exact) mass is 285 g/mol. The lowest BCUT2D eigenvalue weighted by atomic mass is 9.49. The van der Waals surface area contributed by atoms with Gasteiger partial charge in [-0.15, -0.1) is 11.6 Å². The molecule has 4 aliphatic carbocycles. The van der Waals surface area contributed by atoms with Crippen molar-refractivity contribution in [1.82, 2.24) is 0 Å². The molecule has 106 valence electrons. The van der Waals surface area contributed by atoms with Crippen molar-refractivity contribution in [2.24, 2.45) is 23.0 Å². The summed E-state index contributed by atoms with van der Waals surface area (Å²) >= 11 is 6.66. The molecule has 4 nitrogen and oxygen atoms in total. The van der Waals surface area contributed by atoms with Gasteiger partial charge in [-0.25, -0.2) is 0 Å². The van der Waals surface area contributed by atoms with Crippen LogP contribution in [0.1, 0.15) is 45.4 Å². The Balaban J connectivity index is 1.80. The first-order valence-corrected chi connectivity index (χ1v) is 7.39. The van der Waals surface area contributed by atoms with E-state index in [1.807, 2.05) is 0 Å². The van der Waals surface area contributed by atoms with Crippen molar-refractivity contribution in [3.8, 4) is 0 Å². The van der Waals surface area contributed by atoms with E-state index in [9.17, 15) is 9.59 Å². The number of esters is 1. The number of hydrogen-bond donors (Lipinski definition) is 1. The van der Waals surface area contributed by atoms with Crippen LogP contribution in [0.15, 0.2) is 0 Å². The molecular formula is C14H20ClNO3. The number of halogens is 1. The van der Waals surface area contributed by atoms with Crippen LogP contribution in [0.2, 0.25) is 0 Å². The summed E-state index contributed by atoms with van der Waals surface area (Å²) in [7, 11) is 0. The Morgan fingerprint density at radius 2 is 1.84 bits per heavy atom. The maximum atomic E-state index is 12.5. The predicted molar refractivity (Wildman–Crippen MR) is 70.4 cm³/mol. The van der Waals surface area contributed by atoms with Gasteiger partial charge in [0.25, 0.3) is 5.91 Å². The molecule has 0 aromatic rings. The zero-order valence-electron chi connectivity index (χ0n) is 11.2. The average Bonchev–Trinajstić information content (AvgIpc) is 2.24. The summed E-state index contributed by atoms with van der Waals surface area (Å²) in [5.41, 5.74) is 4.70. The molecule has 0 aromatic carbocycles. The first kappa shape index (κ1) is 13.2. The van der Waals surface area contributed by atoms with E-state index in [1.54, 1.807) is 0 Å². The molecule has 4 aliphatic rings. The van der Waals surface area contributed by atoms with E-state index in [0.29, 0.717) is 18.3 Å². The standard InChI is InChI=1S/C14H20ClNO3/c1-8(11(16)17)19-12(18)13-3-9-2-10(4-13)6-14(15,5-9)7-13/h8-10H,2-7H2,1H3,(H2,16,17)/t8-,9-,10+,13?,14?/m1/s1. The molecule has 5 heteroatoms. The van der Waals surface area contributed by atoms with Crippen molar-refractivity contribution in [2.75, 3.05) is 0 Å². The molecule has 4 saturated carbocycles. The van der Waals surface area contributed by atoms with Crippen molar-refractivity contribution < 1.29 is 14.3 Å². The highest BCUT2D eigenvalue weighted by molar-refractivity contribution is 6.24. The average molecular weight is 286 g/mol. The molecular weight excluding hydrogens is 266 g/mol. The summed E-state index contributed by atoms with van der Waals surface area (Å²) in [6.07, 6.45) is 4.79. The molecule has 4 bridgehead atoms. The second kappa shape index (κ2) is 4.11. The maximum Gasteiger partial charge on any atom is 0.312 e. The minimum atomic E-state index is -0.855. The number of ether oxygens (including phenoxy) is 1. The number of nitrogens with two attached hydrogens (primary N) is 1. The predicted octanol–water partition coefficient (Wildman–Crippen LogP) is 1.98. The van der Waals surface area contributed by atoms with Crippen LogP contribution in [-0.2, 0) is 14.3 Å². The van der Waals surface area contributed by atoms with Crippen LogP contribution in [0.4, 0.5) is 0 Å². The van der Waals surface area contributed by atoms with Gasteiger partial charge in [0.2, 0.25) is 0 Å². The van der Waals surface area contributed by atoms with E-state index in [0.717, 1.165) is 25.7 Å². The zero-order valence-corrected chi connectivity index (χ0v) is 11.9. The molecule has 0 aliphatic heterocycles. The van der Waals surface area contributed by atoms with Crippen LogP contribution in [0.25, 0.3) is 0 Å². The molecule has 5 atom stereocenters. The third-order valence-corrected chi connectivity index (χ3v) is 5.55. The molecule has 0 spiro atoms. The summed E-state index contributed by atoms with van der Waals surface area (Å²) in [4.78, 5) is 23.3. The molecule has 1 amide bonds. The first-order valence-electron chi connectivity index (χ1n) is 7.01. The number of rotatable bonds is 3. The van der Waals surface area contributed by atoms with Gasteiger partial charge < -0.3 is 10.5 Å². The minimum Gasteiger partial charge on any atom is -0.452 e. The Bertz CT molecular complexity index is 422. The number of amides is 1. The lowest BCUT2D eigenvalue weighted by Crippen LogP contribution is -2.57. The number of carbonyl (C=O) groups is 2. The van der Waals surface area contributed by atoms with Gasteiger partial charge in [-0.2, -0.15) is 0 Å². The van der Waals surface area contributed by atoms with Gasteiger partial charge in [-0.1, -0.05) is 0 Å². The van der Waals surface area contributed by atoms with Crippen molar-refractivity contribution in [2.45, 2.75) is 56.4 Å². The van der Waals surface area contributed by atoms with E-state index >= 15 is 0 Å². The van der Waals surface area contributed by atoms with E-state index < -0.39 is 17.4 Å². The van der Waals surface area contributed by atoms with Crippen molar-refractivity contribution in [3.05, 3.63) is 0 Å². The lowest BCUT2D eigenvalue weighted by Gasteiger charge is -2.58. The fourth-order valence-corrected chi connectivity index (χ4v) is 5.43. The molecule has 4 fully saturated rings. The van der Waals surface area contributed by atoms with Gasteiger partial charge >= 0.3 is 5.97 Å². The SMILES string of the molecule is C[C@@H](OC(=O)C12C[C@@H]3C[C@@H](CC(Cl)(C3)C1)C2)C(N)=O. The third kappa shape index (κ3) is 2.14. The van der Waals surface area contributed by atoms with Gasteiger partial charge in [0.15, 0.2) is 6.10 Å². The van der Waals surface area contributed by atoms with Crippen molar-refractivity contribution in [3.63, 3.8) is 0 Å². The van der Waals surface area contributed by atoms with E-state index in [1.165, 1.54) is 13.3 Å². The second-order valence-corrected chi connectivity index (χ2v) is 7.64. The Kier molecular flexibility index (Phi) is 2.86. The Hall–Kier alpha value is -0.770. The van der Waals surface area contributed by atoms with Crippen LogP contribution in [-0.4, -0.2) is 22.9 Å². The highest BCUT2D eigenvalue weighted by Gasteiger charge is 2.61. The zero-order chi connectivity index (χ0) is 13.8. The summed E-state index contributed by atoms with van der Waals surface area (Å²) in [6, 6.07) is 0. The molecule has 2 unspecified atom stereocenters. The van der Waals surface area contributed by atoms with Crippen LogP contribution in [0, 0.1) is 17.3 Å². The van der Waals surface area contributed by atoms with Crippen molar-refractivity contribution in [1.29, 1.82) is 0 Å². The summed E-state index contributed by atoms with van der Waals surface area (Å²) in [5.74, 6) is 0.210. The van der Waals surface area contributed by atoms with Gasteiger partial charge in [-0.3, -0.25) is 9.59 Å².